The summed E-state index contributed by atoms with van der Waals surface area (Å²) in [4.78, 5) is 36.2. The molecule has 0 aliphatic rings. The van der Waals surface area contributed by atoms with Crippen molar-refractivity contribution in [2.24, 2.45) is 0 Å². The van der Waals surface area contributed by atoms with Crippen LogP contribution < -0.4 is 10.1 Å². The highest BCUT2D eigenvalue weighted by Crippen LogP contribution is 2.23. The van der Waals surface area contributed by atoms with Crippen LogP contribution in [0.4, 0.5) is 5.69 Å². The van der Waals surface area contributed by atoms with Crippen LogP contribution in [0.1, 0.15) is 31.1 Å². The number of para-hydroxylation sites is 1. The second kappa shape index (κ2) is 7.96. The van der Waals surface area contributed by atoms with Gasteiger partial charge in [0.05, 0.1) is 43.7 Å². The van der Waals surface area contributed by atoms with Crippen molar-refractivity contribution < 1.29 is 28.6 Å². The van der Waals surface area contributed by atoms with Crippen LogP contribution in [0.2, 0.25) is 0 Å². The van der Waals surface area contributed by atoms with Crippen molar-refractivity contribution in [3.63, 3.8) is 0 Å². The maximum atomic E-state index is 12.5. The first kappa shape index (κ1) is 18.0. The molecular formula is C18H17NO6. The van der Waals surface area contributed by atoms with E-state index in [1.165, 1.54) is 39.5 Å². The van der Waals surface area contributed by atoms with Crippen LogP contribution in [0.3, 0.4) is 0 Å². The highest BCUT2D eigenvalue weighted by atomic mass is 16.5. The van der Waals surface area contributed by atoms with Crippen molar-refractivity contribution >= 4 is 23.5 Å². The normalized spacial score (nSPS) is 9.88. The molecule has 0 bridgehead atoms. The van der Waals surface area contributed by atoms with E-state index < -0.39 is 17.8 Å². The van der Waals surface area contributed by atoms with Gasteiger partial charge in [-0.3, -0.25) is 4.79 Å². The van der Waals surface area contributed by atoms with Gasteiger partial charge < -0.3 is 19.5 Å². The molecule has 1 N–H and O–H groups in total. The van der Waals surface area contributed by atoms with E-state index in [1.807, 2.05) is 0 Å². The largest absolute Gasteiger partial charge is 0.496 e. The summed E-state index contributed by atoms with van der Waals surface area (Å²) in [7, 11) is 3.91. The van der Waals surface area contributed by atoms with E-state index in [4.69, 9.17) is 9.47 Å². The molecule has 7 nitrogen and oxygen atoms in total. The lowest BCUT2D eigenvalue weighted by molar-refractivity contribution is 0.0587. The van der Waals surface area contributed by atoms with Crippen molar-refractivity contribution in [3.05, 3.63) is 59.2 Å². The number of anilines is 1. The predicted octanol–water partition coefficient (Wildman–Crippen LogP) is 2.52. The zero-order valence-corrected chi connectivity index (χ0v) is 14.0. The van der Waals surface area contributed by atoms with E-state index in [0.29, 0.717) is 5.75 Å². The lowest BCUT2D eigenvalue weighted by Crippen LogP contribution is -2.17. The Morgan fingerprint density at radius 3 is 2.16 bits per heavy atom. The van der Waals surface area contributed by atoms with Gasteiger partial charge in [0.1, 0.15) is 5.75 Å². The lowest BCUT2D eigenvalue weighted by atomic mass is 10.1. The van der Waals surface area contributed by atoms with Crippen LogP contribution in [0.5, 0.6) is 5.75 Å². The number of esters is 2. The Kier molecular flexibility index (Phi) is 5.73. The molecule has 0 spiro atoms. The highest BCUT2D eigenvalue weighted by molar-refractivity contribution is 6.10. The van der Waals surface area contributed by atoms with Gasteiger partial charge in [-0.15, -0.1) is 0 Å². The van der Waals surface area contributed by atoms with Gasteiger partial charge in [-0.1, -0.05) is 12.1 Å². The molecule has 0 aliphatic heterocycles. The summed E-state index contributed by atoms with van der Waals surface area (Å²) in [6.07, 6.45) is 0. The summed E-state index contributed by atoms with van der Waals surface area (Å²) < 4.78 is 14.5. The second-order valence-corrected chi connectivity index (χ2v) is 4.90. The molecule has 130 valence electrons. The van der Waals surface area contributed by atoms with Gasteiger partial charge in [0.15, 0.2) is 0 Å². The van der Waals surface area contributed by atoms with Crippen molar-refractivity contribution in [2.75, 3.05) is 26.6 Å². The third kappa shape index (κ3) is 3.95. The van der Waals surface area contributed by atoms with Gasteiger partial charge in [-0.2, -0.15) is 0 Å². The summed E-state index contributed by atoms with van der Waals surface area (Å²) >= 11 is 0. The topological polar surface area (TPSA) is 90.9 Å². The quantitative estimate of drug-likeness (QED) is 0.839. The van der Waals surface area contributed by atoms with Crippen molar-refractivity contribution in [1.82, 2.24) is 0 Å². The zero-order chi connectivity index (χ0) is 18.4. The molecule has 0 unspecified atom stereocenters. The van der Waals surface area contributed by atoms with Gasteiger partial charge in [-0.25, -0.2) is 9.59 Å². The molecule has 25 heavy (non-hydrogen) atoms. The van der Waals surface area contributed by atoms with Crippen LogP contribution in [0, 0.1) is 0 Å². The predicted molar refractivity (Wildman–Crippen MR) is 90.1 cm³/mol. The number of carbonyl (C=O) groups is 3. The average molecular weight is 343 g/mol. The number of hydrogen-bond donors (Lipinski definition) is 1. The smallest absolute Gasteiger partial charge is 0.339 e. The first-order chi connectivity index (χ1) is 12.0. The average Bonchev–Trinajstić information content (AvgIpc) is 2.66. The van der Waals surface area contributed by atoms with Crippen LogP contribution in [-0.4, -0.2) is 39.2 Å². The number of methoxy groups -OCH3 is 3. The van der Waals surface area contributed by atoms with E-state index in [1.54, 1.807) is 24.3 Å². The first-order valence-corrected chi connectivity index (χ1v) is 7.26. The van der Waals surface area contributed by atoms with Crippen LogP contribution in [0.15, 0.2) is 42.5 Å². The molecule has 0 fully saturated rings. The van der Waals surface area contributed by atoms with E-state index in [9.17, 15) is 14.4 Å². The van der Waals surface area contributed by atoms with E-state index in [0.717, 1.165) is 0 Å². The molecule has 0 aromatic heterocycles. The Balaban J connectivity index is 2.43. The molecule has 1 amide bonds. The number of rotatable bonds is 5. The fraction of sp³-hybridized carbons (Fsp3) is 0.167. The molecule has 0 aliphatic carbocycles. The fourth-order valence-electron chi connectivity index (χ4n) is 2.20. The molecule has 0 saturated carbocycles. The third-order valence-corrected chi connectivity index (χ3v) is 3.45. The second-order valence-electron chi connectivity index (χ2n) is 4.90. The summed E-state index contributed by atoms with van der Waals surface area (Å²) in [5.41, 5.74) is 0.707. The summed E-state index contributed by atoms with van der Waals surface area (Å²) in [6.45, 7) is 0. The molecule has 2 rings (SSSR count). The molecule has 2 aromatic carbocycles. The Morgan fingerprint density at radius 1 is 0.840 bits per heavy atom. The minimum Gasteiger partial charge on any atom is -0.496 e. The summed E-state index contributed by atoms with van der Waals surface area (Å²) in [6, 6.07) is 10.8. The third-order valence-electron chi connectivity index (χ3n) is 3.45. The fourth-order valence-corrected chi connectivity index (χ4v) is 2.20. The van der Waals surface area contributed by atoms with Gasteiger partial charge in [0, 0.05) is 0 Å². The number of nitrogens with one attached hydrogen (secondary N) is 1. The zero-order valence-electron chi connectivity index (χ0n) is 14.0. The first-order valence-electron chi connectivity index (χ1n) is 7.26. The molecule has 0 saturated heterocycles. The number of hydrogen-bond acceptors (Lipinski definition) is 6. The number of carbonyl (C=O) groups excluding carboxylic acids is 3. The number of amides is 1. The van der Waals surface area contributed by atoms with Crippen LogP contribution in [-0.2, 0) is 9.47 Å². The Hall–Kier alpha value is -3.35. The van der Waals surface area contributed by atoms with Gasteiger partial charge in [-0.05, 0) is 30.3 Å². The van der Waals surface area contributed by atoms with E-state index in [-0.39, 0.29) is 22.4 Å². The van der Waals surface area contributed by atoms with Crippen LogP contribution in [0.25, 0.3) is 0 Å². The maximum absolute atomic E-state index is 12.5. The minimum atomic E-state index is -0.647. The highest BCUT2D eigenvalue weighted by Gasteiger charge is 2.19. The number of ether oxygens (including phenoxy) is 3. The lowest BCUT2D eigenvalue weighted by Gasteiger charge is -2.13. The minimum absolute atomic E-state index is 0.110. The van der Waals surface area contributed by atoms with Gasteiger partial charge in [0.25, 0.3) is 5.91 Å². The van der Waals surface area contributed by atoms with Crippen molar-refractivity contribution in [3.8, 4) is 5.75 Å². The van der Waals surface area contributed by atoms with E-state index >= 15 is 0 Å². The molecular weight excluding hydrogens is 326 g/mol. The SMILES string of the molecule is COC(=O)c1ccc(C(=O)OC)c(NC(=O)c2ccccc2OC)c1. The molecule has 0 atom stereocenters. The molecule has 2 aromatic rings. The van der Waals surface area contributed by atoms with Gasteiger partial charge in [0.2, 0.25) is 0 Å². The van der Waals surface area contributed by atoms with Crippen molar-refractivity contribution in [1.29, 1.82) is 0 Å². The van der Waals surface area contributed by atoms with E-state index in [2.05, 4.69) is 10.1 Å². The number of benzene rings is 2. The summed E-state index contributed by atoms with van der Waals surface area (Å²) in [5.74, 6) is -1.36. The standard InChI is InChI=1S/C18H17NO6/c1-23-15-7-5-4-6-13(15)16(20)19-14-10-11(17(21)24-2)8-9-12(14)18(22)25-3/h4-10H,1-3H3,(H,19,20). The maximum Gasteiger partial charge on any atom is 0.339 e. The summed E-state index contributed by atoms with van der Waals surface area (Å²) in [5, 5.41) is 2.61. The Morgan fingerprint density at radius 2 is 1.52 bits per heavy atom. The molecule has 0 heterocycles. The Bertz CT molecular complexity index is 815. The molecule has 7 heteroatoms. The molecule has 0 radical (unpaired) electrons. The monoisotopic (exact) mass is 343 g/mol. The van der Waals surface area contributed by atoms with Gasteiger partial charge >= 0.3 is 11.9 Å². The van der Waals surface area contributed by atoms with Crippen molar-refractivity contribution in [2.45, 2.75) is 0 Å². The Labute approximate surface area is 144 Å². The van der Waals surface area contributed by atoms with Crippen LogP contribution >= 0.6 is 0 Å².